The fourth-order valence-corrected chi connectivity index (χ4v) is 3.14. The first-order valence-electron chi connectivity index (χ1n) is 8.43. The number of halogens is 1. The largest absolute Gasteiger partial charge is 0.462 e. The van der Waals surface area contributed by atoms with Gasteiger partial charge in [0.25, 0.3) is 0 Å². The first kappa shape index (κ1) is 18.0. The van der Waals surface area contributed by atoms with Crippen LogP contribution in [0.1, 0.15) is 35.8 Å². The van der Waals surface area contributed by atoms with Crippen molar-refractivity contribution in [3.63, 3.8) is 0 Å². The fraction of sp³-hybridized carbons (Fsp3) is 0.200. The maximum Gasteiger partial charge on any atom is 0.340 e. The molecule has 3 rings (SSSR count). The third kappa shape index (κ3) is 3.73. The van der Waals surface area contributed by atoms with Crippen molar-refractivity contribution in [2.45, 2.75) is 19.9 Å². The van der Waals surface area contributed by atoms with E-state index in [-0.39, 0.29) is 12.0 Å². The van der Waals surface area contributed by atoms with Crippen LogP contribution in [0.25, 0.3) is 11.3 Å². The summed E-state index contributed by atoms with van der Waals surface area (Å²) in [5, 5.41) is 11.0. The standard InChI is InChI=1S/C20H20ClN3O2/c1-3-26-20(25)15-11-7-8-12-16(15)22-13(2)17-18(23-24-19(17)21)14-9-5-4-6-10-14/h4-13,22H,3H2,1-2H3,(H,23,24). The Hall–Kier alpha value is -2.79. The molecule has 1 unspecified atom stereocenters. The monoisotopic (exact) mass is 369 g/mol. The van der Waals surface area contributed by atoms with Gasteiger partial charge in [-0.15, -0.1) is 0 Å². The summed E-state index contributed by atoms with van der Waals surface area (Å²) < 4.78 is 5.13. The van der Waals surface area contributed by atoms with Gasteiger partial charge in [-0.25, -0.2) is 4.79 Å². The molecular formula is C20H20ClN3O2. The summed E-state index contributed by atoms with van der Waals surface area (Å²) in [5.41, 5.74) is 3.77. The van der Waals surface area contributed by atoms with Crippen molar-refractivity contribution < 1.29 is 9.53 Å². The number of para-hydroxylation sites is 1. The Kier molecular flexibility index (Phi) is 5.58. The normalized spacial score (nSPS) is 11.8. The molecule has 0 fully saturated rings. The molecule has 5 nitrogen and oxygen atoms in total. The van der Waals surface area contributed by atoms with Gasteiger partial charge in [-0.05, 0) is 26.0 Å². The van der Waals surface area contributed by atoms with Gasteiger partial charge in [0.05, 0.1) is 23.9 Å². The number of nitrogens with one attached hydrogen (secondary N) is 2. The Balaban J connectivity index is 1.92. The van der Waals surface area contributed by atoms with Crippen LogP contribution in [0.5, 0.6) is 0 Å². The van der Waals surface area contributed by atoms with E-state index in [1.54, 1.807) is 13.0 Å². The lowest BCUT2D eigenvalue weighted by Crippen LogP contribution is -2.13. The van der Waals surface area contributed by atoms with Gasteiger partial charge in [0, 0.05) is 16.8 Å². The van der Waals surface area contributed by atoms with Crippen molar-refractivity contribution in [3.05, 3.63) is 70.9 Å². The zero-order valence-corrected chi connectivity index (χ0v) is 15.4. The second-order valence-electron chi connectivity index (χ2n) is 5.80. The molecule has 1 heterocycles. The van der Waals surface area contributed by atoms with Crippen molar-refractivity contribution in [1.29, 1.82) is 0 Å². The number of H-pyrrole nitrogens is 1. The van der Waals surface area contributed by atoms with E-state index in [2.05, 4.69) is 15.5 Å². The molecule has 26 heavy (non-hydrogen) atoms. The molecule has 0 spiro atoms. The molecule has 0 bridgehead atoms. The molecule has 2 N–H and O–H groups in total. The number of carbonyl (C=O) groups excluding carboxylic acids is 1. The number of nitrogens with zero attached hydrogens (tertiary/aromatic N) is 1. The number of aromatic amines is 1. The highest BCUT2D eigenvalue weighted by molar-refractivity contribution is 6.30. The molecule has 0 saturated carbocycles. The minimum Gasteiger partial charge on any atom is -0.462 e. The van der Waals surface area contributed by atoms with E-state index in [0.29, 0.717) is 23.0 Å². The van der Waals surface area contributed by atoms with Gasteiger partial charge >= 0.3 is 5.97 Å². The lowest BCUT2D eigenvalue weighted by molar-refractivity contribution is 0.0527. The van der Waals surface area contributed by atoms with Crippen LogP contribution in [0.2, 0.25) is 5.15 Å². The van der Waals surface area contributed by atoms with Crippen LogP contribution in [-0.4, -0.2) is 22.8 Å². The van der Waals surface area contributed by atoms with E-state index in [1.807, 2.05) is 55.5 Å². The molecule has 0 aliphatic rings. The highest BCUT2D eigenvalue weighted by Crippen LogP contribution is 2.34. The smallest absolute Gasteiger partial charge is 0.340 e. The second kappa shape index (κ2) is 8.06. The number of carbonyl (C=O) groups is 1. The lowest BCUT2D eigenvalue weighted by Gasteiger charge is -2.18. The SMILES string of the molecule is CCOC(=O)c1ccccc1NC(C)c1c(-c2ccccc2)n[nH]c1Cl. The van der Waals surface area contributed by atoms with Crippen molar-refractivity contribution in [3.8, 4) is 11.3 Å². The van der Waals surface area contributed by atoms with Crippen molar-refractivity contribution >= 4 is 23.3 Å². The van der Waals surface area contributed by atoms with Crippen molar-refractivity contribution in [2.24, 2.45) is 0 Å². The number of ether oxygens (including phenoxy) is 1. The van der Waals surface area contributed by atoms with Gasteiger partial charge in [-0.2, -0.15) is 5.10 Å². The first-order chi connectivity index (χ1) is 12.6. The number of hydrogen-bond donors (Lipinski definition) is 2. The second-order valence-corrected chi connectivity index (χ2v) is 6.18. The number of aromatic nitrogens is 2. The van der Waals surface area contributed by atoms with Gasteiger partial charge in [0.15, 0.2) is 0 Å². The van der Waals surface area contributed by atoms with Crippen LogP contribution >= 0.6 is 11.6 Å². The highest BCUT2D eigenvalue weighted by atomic mass is 35.5. The van der Waals surface area contributed by atoms with Crippen molar-refractivity contribution in [1.82, 2.24) is 10.2 Å². The zero-order valence-electron chi connectivity index (χ0n) is 14.6. The zero-order chi connectivity index (χ0) is 18.5. The maximum absolute atomic E-state index is 12.2. The Morgan fingerprint density at radius 1 is 1.19 bits per heavy atom. The summed E-state index contributed by atoms with van der Waals surface area (Å²) in [4.78, 5) is 12.2. The molecule has 1 atom stereocenters. The molecule has 0 radical (unpaired) electrons. The van der Waals surface area contributed by atoms with Gasteiger partial charge in [0.2, 0.25) is 0 Å². The molecule has 3 aromatic rings. The molecule has 2 aromatic carbocycles. The van der Waals surface area contributed by atoms with Gasteiger partial charge in [-0.3, -0.25) is 5.10 Å². The summed E-state index contributed by atoms with van der Waals surface area (Å²) in [7, 11) is 0. The molecule has 0 saturated heterocycles. The van der Waals surface area contributed by atoms with Crippen LogP contribution in [0, 0.1) is 0 Å². The highest BCUT2D eigenvalue weighted by Gasteiger charge is 2.21. The third-order valence-electron chi connectivity index (χ3n) is 4.03. The van der Waals surface area contributed by atoms with E-state index in [1.165, 1.54) is 0 Å². The quantitative estimate of drug-likeness (QED) is 0.594. The van der Waals surface area contributed by atoms with Crippen molar-refractivity contribution in [2.75, 3.05) is 11.9 Å². The summed E-state index contributed by atoms with van der Waals surface area (Å²) >= 11 is 6.36. The third-order valence-corrected chi connectivity index (χ3v) is 4.32. The predicted molar refractivity (Wildman–Crippen MR) is 103 cm³/mol. The molecule has 0 amide bonds. The number of esters is 1. The average Bonchev–Trinajstić information content (AvgIpc) is 3.04. The van der Waals surface area contributed by atoms with E-state index in [0.717, 1.165) is 16.8 Å². The fourth-order valence-electron chi connectivity index (χ4n) is 2.84. The van der Waals surface area contributed by atoms with Gasteiger partial charge < -0.3 is 10.1 Å². The molecular weight excluding hydrogens is 350 g/mol. The number of hydrogen-bond acceptors (Lipinski definition) is 4. The Labute approximate surface area is 157 Å². The lowest BCUT2D eigenvalue weighted by atomic mass is 10.0. The van der Waals surface area contributed by atoms with Crippen LogP contribution in [0.3, 0.4) is 0 Å². The maximum atomic E-state index is 12.2. The Morgan fingerprint density at radius 2 is 1.88 bits per heavy atom. The average molecular weight is 370 g/mol. The molecule has 1 aromatic heterocycles. The summed E-state index contributed by atoms with van der Waals surface area (Å²) in [6.07, 6.45) is 0. The van der Waals surface area contributed by atoms with Crippen LogP contribution in [0.15, 0.2) is 54.6 Å². The minimum absolute atomic E-state index is 0.174. The Morgan fingerprint density at radius 3 is 2.62 bits per heavy atom. The first-order valence-corrected chi connectivity index (χ1v) is 8.81. The van der Waals surface area contributed by atoms with E-state index in [4.69, 9.17) is 16.3 Å². The number of rotatable bonds is 6. The van der Waals surface area contributed by atoms with Crippen LogP contribution in [-0.2, 0) is 4.74 Å². The molecule has 6 heteroatoms. The van der Waals surface area contributed by atoms with Crippen LogP contribution < -0.4 is 5.32 Å². The van der Waals surface area contributed by atoms with E-state index in [9.17, 15) is 4.79 Å². The van der Waals surface area contributed by atoms with Gasteiger partial charge in [0.1, 0.15) is 5.15 Å². The summed E-state index contributed by atoms with van der Waals surface area (Å²) in [6, 6.07) is 16.9. The summed E-state index contributed by atoms with van der Waals surface area (Å²) in [6.45, 7) is 4.09. The molecule has 0 aliphatic heterocycles. The Bertz CT molecular complexity index is 893. The molecule has 0 aliphatic carbocycles. The predicted octanol–water partition coefficient (Wildman–Crippen LogP) is 5.08. The topological polar surface area (TPSA) is 67.0 Å². The number of benzene rings is 2. The summed E-state index contributed by atoms with van der Waals surface area (Å²) in [5.74, 6) is -0.357. The minimum atomic E-state index is -0.357. The van der Waals surface area contributed by atoms with E-state index >= 15 is 0 Å². The number of anilines is 1. The molecule has 134 valence electrons. The van der Waals surface area contributed by atoms with Gasteiger partial charge in [-0.1, -0.05) is 54.1 Å². The van der Waals surface area contributed by atoms with E-state index < -0.39 is 0 Å². The van der Waals surface area contributed by atoms with Crippen LogP contribution in [0.4, 0.5) is 5.69 Å².